The summed E-state index contributed by atoms with van der Waals surface area (Å²) < 4.78 is 29.3. The minimum atomic E-state index is -4.22. The summed E-state index contributed by atoms with van der Waals surface area (Å²) in [6.45, 7) is 5.20. The van der Waals surface area contributed by atoms with Gasteiger partial charge < -0.3 is 10.2 Å². The number of nitrogens with one attached hydrogen (secondary N) is 1. The molecule has 0 unspecified atom stereocenters. The molecule has 45 heavy (non-hydrogen) atoms. The molecule has 0 aromatic heterocycles. The van der Waals surface area contributed by atoms with Gasteiger partial charge in [0.2, 0.25) is 11.8 Å². The van der Waals surface area contributed by atoms with E-state index in [1.165, 1.54) is 29.2 Å². The zero-order valence-corrected chi connectivity index (χ0v) is 27.8. The van der Waals surface area contributed by atoms with Gasteiger partial charge >= 0.3 is 0 Å². The Morgan fingerprint density at radius 2 is 1.49 bits per heavy atom. The Kier molecular flexibility index (Phi) is 11.7. The fourth-order valence-electron chi connectivity index (χ4n) is 4.87. The Morgan fingerprint density at radius 1 is 0.822 bits per heavy atom. The number of carbonyl (C=O) groups is 2. The molecule has 0 saturated carbocycles. The molecule has 0 radical (unpaired) electrons. The van der Waals surface area contributed by atoms with Crippen LogP contribution in [0.25, 0.3) is 0 Å². The van der Waals surface area contributed by atoms with Crippen LogP contribution in [0.4, 0.5) is 5.69 Å². The topological polar surface area (TPSA) is 86.8 Å². The molecule has 1 N–H and O–H groups in total. The molecule has 0 aliphatic carbocycles. The van der Waals surface area contributed by atoms with Crippen LogP contribution >= 0.6 is 23.2 Å². The van der Waals surface area contributed by atoms with Crippen molar-refractivity contribution >= 4 is 50.7 Å². The van der Waals surface area contributed by atoms with Crippen molar-refractivity contribution in [3.63, 3.8) is 0 Å². The highest BCUT2D eigenvalue weighted by Crippen LogP contribution is 2.27. The molecule has 4 rings (SSSR count). The van der Waals surface area contributed by atoms with E-state index in [0.717, 1.165) is 15.4 Å². The molecule has 236 valence electrons. The largest absolute Gasteiger partial charge is 0.352 e. The second-order valence-electron chi connectivity index (χ2n) is 11.0. The lowest BCUT2D eigenvalue weighted by atomic mass is 10.0. The quantitative estimate of drug-likeness (QED) is 0.166. The van der Waals surface area contributed by atoms with Gasteiger partial charge in [-0.3, -0.25) is 13.9 Å². The predicted octanol–water partition coefficient (Wildman–Crippen LogP) is 7.05. The number of sulfonamides is 1. The fourth-order valence-corrected chi connectivity index (χ4v) is 6.62. The minimum Gasteiger partial charge on any atom is -0.352 e. The number of benzene rings is 4. The van der Waals surface area contributed by atoms with Gasteiger partial charge in [0.05, 0.1) is 10.6 Å². The number of rotatable bonds is 13. The van der Waals surface area contributed by atoms with E-state index in [-0.39, 0.29) is 29.8 Å². The molecule has 0 aliphatic heterocycles. The van der Waals surface area contributed by atoms with Crippen LogP contribution in [0, 0.1) is 6.92 Å². The van der Waals surface area contributed by atoms with E-state index >= 15 is 0 Å². The van der Waals surface area contributed by atoms with Gasteiger partial charge in [-0.15, -0.1) is 0 Å². The third-order valence-electron chi connectivity index (χ3n) is 7.48. The molecule has 0 fully saturated rings. The lowest BCUT2D eigenvalue weighted by Gasteiger charge is -2.34. The molecule has 0 heterocycles. The van der Waals surface area contributed by atoms with Gasteiger partial charge in [0.15, 0.2) is 0 Å². The second-order valence-corrected chi connectivity index (χ2v) is 13.7. The molecule has 0 aliphatic rings. The standard InChI is InChI=1S/C35H37Cl2N3O4S/c1-4-26(3)38-35(42)33(22-27-11-6-5-7-12-27)39(23-28-13-9-14-30(37)21-28)34(41)24-40(31-15-8-10-25(2)20-31)45(43,44)32-18-16-29(36)17-19-32/h5-21,26,33H,4,22-24H2,1-3H3,(H,38,42)/t26-,33-/m1/s1. The molecule has 7 nitrogen and oxygen atoms in total. The molecule has 0 spiro atoms. The highest BCUT2D eigenvalue weighted by Gasteiger charge is 2.35. The average molecular weight is 667 g/mol. The van der Waals surface area contributed by atoms with Gasteiger partial charge in [0, 0.05) is 29.1 Å². The smallest absolute Gasteiger partial charge is 0.264 e. The average Bonchev–Trinajstić information content (AvgIpc) is 3.02. The molecule has 4 aromatic rings. The van der Waals surface area contributed by atoms with Crippen molar-refractivity contribution in [3.8, 4) is 0 Å². The van der Waals surface area contributed by atoms with Crippen LogP contribution in [0.1, 0.15) is 37.0 Å². The first-order chi connectivity index (χ1) is 21.5. The summed E-state index contributed by atoms with van der Waals surface area (Å²) >= 11 is 12.4. The predicted molar refractivity (Wildman–Crippen MR) is 181 cm³/mol. The van der Waals surface area contributed by atoms with Crippen LogP contribution in [-0.2, 0) is 32.6 Å². The molecule has 0 bridgehead atoms. The molecular formula is C35H37Cl2N3O4S. The first kappa shape index (κ1) is 34.0. The number of carbonyl (C=O) groups excluding carboxylic acids is 2. The Morgan fingerprint density at radius 3 is 2.13 bits per heavy atom. The number of anilines is 1. The van der Waals surface area contributed by atoms with Crippen LogP contribution in [0.3, 0.4) is 0 Å². The zero-order valence-electron chi connectivity index (χ0n) is 25.5. The first-order valence-electron chi connectivity index (χ1n) is 14.7. The monoisotopic (exact) mass is 665 g/mol. The van der Waals surface area contributed by atoms with Crippen molar-refractivity contribution < 1.29 is 18.0 Å². The Hall–Kier alpha value is -3.85. The van der Waals surface area contributed by atoms with E-state index in [1.54, 1.807) is 36.4 Å². The van der Waals surface area contributed by atoms with Crippen molar-refractivity contribution in [2.24, 2.45) is 0 Å². The number of nitrogens with zero attached hydrogens (tertiary/aromatic N) is 2. The summed E-state index contributed by atoms with van der Waals surface area (Å²) in [5.41, 5.74) is 2.70. The van der Waals surface area contributed by atoms with Crippen molar-refractivity contribution in [3.05, 3.63) is 130 Å². The summed E-state index contributed by atoms with van der Waals surface area (Å²) in [6.07, 6.45) is 0.927. The SMILES string of the molecule is CC[C@@H](C)NC(=O)[C@@H](Cc1ccccc1)N(Cc1cccc(Cl)c1)C(=O)CN(c1cccc(C)c1)S(=O)(=O)c1ccc(Cl)cc1. The molecule has 2 atom stereocenters. The first-order valence-corrected chi connectivity index (χ1v) is 16.9. The Labute approximate surface area is 275 Å². The maximum atomic E-state index is 14.5. The number of hydrogen-bond acceptors (Lipinski definition) is 4. The Balaban J connectivity index is 1.81. The van der Waals surface area contributed by atoms with Gasteiger partial charge in [-0.05, 0) is 85.5 Å². The van der Waals surface area contributed by atoms with Crippen LogP contribution < -0.4 is 9.62 Å². The highest BCUT2D eigenvalue weighted by molar-refractivity contribution is 7.92. The van der Waals surface area contributed by atoms with Crippen LogP contribution in [0.2, 0.25) is 10.0 Å². The van der Waals surface area contributed by atoms with Gasteiger partial charge in [-0.1, -0.05) is 84.7 Å². The lowest BCUT2D eigenvalue weighted by molar-refractivity contribution is -0.140. The summed E-state index contributed by atoms with van der Waals surface area (Å²) in [5.74, 6) is -0.875. The number of aryl methyl sites for hydroxylation is 1. The molecular weight excluding hydrogens is 629 g/mol. The Bertz CT molecular complexity index is 1720. The maximum absolute atomic E-state index is 14.5. The van der Waals surface area contributed by atoms with Crippen molar-refractivity contribution in [1.82, 2.24) is 10.2 Å². The highest BCUT2D eigenvalue weighted by atomic mass is 35.5. The van der Waals surface area contributed by atoms with Crippen molar-refractivity contribution in [2.45, 2.75) is 57.1 Å². The molecule has 10 heteroatoms. The molecule has 0 saturated heterocycles. The van der Waals surface area contributed by atoms with Crippen LogP contribution in [0.15, 0.2) is 108 Å². The summed E-state index contributed by atoms with van der Waals surface area (Å²) in [6, 6.07) is 28.2. The van der Waals surface area contributed by atoms with E-state index in [9.17, 15) is 18.0 Å². The third kappa shape index (κ3) is 9.10. The van der Waals surface area contributed by atoms with Crippen LogP contribution in [-0.4, -0.2) is 43.8 Å². The third-order valence-corrected chi connectivity index (χ3v) is 9.76. The van der Waals surface area contributed by atoms with Gasteiger partial charge in [-0.2, -0.15) is 0 Å². The molecule has 2 amide bonds. The minimum absolute atomic E-state index is 0.0158. The summed E-state index contributed by atoms with van der Waals surface area (Å²) in [7, 11) is -4.22. The molecule has 4 aromatic carbocycles. The maximum Gasteiger partial charge on any atom is 0.264 e. The zero-order chi connectivity index (χ0) is 32.6. The van der Waals surface area contributed by atoms with Crippen molar-refractivity contribution in [1.29, 1.82) is 0 Å². The van der Waals surface area contributed by atoms with Crippen LogP contribution in [0.5, 0.6) is 0 Å². The lowest BCUT2D eigenvalue weighted by Crippen LogP contribution is -2.54. The second kappa shape index (κ2) is 15.4. The van der Waals surface area contributed by atoms with E-state index in [2.05, 4.69) is 5.32 Å². The van der Waals surface area contributed by atoms with Gasteiger partial charge in [0.25, 0.3) is 10.0 Å². The summed E-state index contributed by atoms with van der Waals surface area (Å²) in [4.78, 5) is 29.8. The number of hydrogen-bond donors (Lipinski definition) is 1. The number of amides is 2. The normalized spacial score (nSPS) is 12.6. The van der Waals surface area contributed by atoms with E-state index in [4.69, 9.17) is 23.2 Å². The van der Waals surface area contributed by atoms with Crippen molar-refractivity contribution in [2.75, 3.05) is 10.8 Å². The number of halogens is 2. The van der Waals surface area contributed by atoms with E-state index in [1.807, 2.05) is 63.2 Å². The van der Waals surface area contributed by atoms with E-state index in [0.29, 0.717) is 27.7 Å². The fraction of sp³-hybridized carbons (Fsp3) is 0.257. The van der Waals surface area contributed by atoms with E-state index < -0.39 is 28.5 Å². The van der Waals surface area contributed by atoms with Gasteiger partial charge in [0.1, 0.15) is 12.6 Å². The summed E-state index contributed by atoms with van der Waals surface area (Å²) in [5, 5.41) is 3.90. The van der Waals surface area contributed by atoms with Gasteiger partial charge in [-0.25, -0.2) is 8.42 Å².